The third kappa shape index (κ3) is 4.31. The summed E-state index contributed by atoms with van der Waals surface area (Å²) in [5.74, 6) is -0.950. The molecule has 0 aliphatic heterocycles. The lowest BCUT2D eigenvalue weighted by atomic mass is 9.89. The second-order valence-electron chi connectivity index (χ2n) is 4.99. The molecule has 1 aromatic carbocycles. The zero-order valence-corrected chi connectivity index (χ0v) is 12.1. The molecule has 1 aromatic rings. The summed E-state index contributed by atoms with van der Waals surface area (Å²) in [6.45, 7) is 5.01. The number of carboxylic acids is 1. The van der Waals surface area contributed by atoms with Gasteiger partial charge in [0.25, 0.3) is 0 Å². The maximum Gasteiger partial charge on any atom is 0.336 e. The highest BCUT2D eigenvalue weighted by atomic mass is 79.9. The van der Waals surface area contributed by atoms with E-state index in [-0.39, 0.29) is 17.6 Å². The van der Waals surface area contributed by atoms with Gasteiger partial charge in [-0.1, -0.05) is 13.8 Å². The Morgan fingerprint density at radius 2 is 2.11 bits per heavy atom. The highest BCUT2D eigenvalue weighted by Gasteiger charge is 2.17. The minimum absolute atomic E-state index is 0.00725. The topological polar surface area (TPSA) is 69.6 Å². The number of aliphatic hydroxyl groups excluding tert-OH is 1. The molecule has 0 amide bonds. The molecule has 0 atom stereocenters. The fourth-order valence-electron chi connectivity index (χ4n) is 1.53. The van der Waals surface area contributed by atoms with Crippen molar-refractivity contribution in [2.24, 2.45) is 5.41 Å². The number of hydrogen-bond acceptors (Lipinski definition) is 3. The lowest BCUT2D eigenvalue weighted by Crippen LogP contribution is -2.24. The lowest BCUT2D eigenvalue weighted by molar-refractivity contribution is 0.0696. The van der Waals surface area contributed by atoms with E-state index >= 15 is 0 Å². The maximum absolute atomic E-state index is 10.9. The Morgan fingerprint density at radius 1 is 1.44 bits per heavy atom. The van der Waals surface area contributed by atoms with E-state index in [1.807, 2.05) is 0 Å². The van der Waals surface area contributed by atoms with E-state index in [9.17, 15) is 4.79 Å². The molecule has 0 heterocycles. The number of halogens is 1. The number of rotatable bonds is 6. The van der Waals surface area contributed by atoms with Crippen LogP contribution in [0.25, 0.3) is 0 Å². The molecule has 0 fully saturated rings. The van der Waals surface area contributed by atoms with Crippen molar-refractivity contribution in [2.45, 2.75) is 20.3 Å². The van der Waals surface area contributed by atoms with Gasteiger partial charge in [0, 0.05) is 23.3 Å². The summed E-state index contributed by atoms with van der Waals surface area (Å²) >= 11 is 3.24. The van der Waals surface area contributed by atoms with Crippen molar-refractivity contribution in [1.29, 1.82) is 0 Å². The first kappa shape index (κ1) is 15.0. The van der Waals surface area contributed by atoms with Gasteiger partial charge in [0.05, 0.1) is 5.56 Å². The Kier molecular flexibility index (Phi) is 5.16. The molecule has 0 saturated carbocycles. The van der Waals surface area contributed by atoms with Crippen molar-refractivity contribution in [1.82, 2.24) is 0 Å². The second-order valence-corrected chi connectivity index (χ2v) is 5.85. The van der Waals surface area contributed by atoms with Crippen molar-refractivity contribution in [3.05, 3.63) is 28.2 Å². The van der Waals surface area contributed by atoms with Gasteiger partial charge in [-0.3, -0.25) is 0 Å². The van der Waals surface area contributed by atoms with Gasteiger partial charge in [0.2, 0.25) is 0 Å². The first-order chi connectivity index (χ1) is 8.35. The smallest absolute Gasteiger partial charge is 0.336 e. The van der Waals surface area contributed by atoms with E-state index < -0.39 is 5.97 Å². The molecule has 1 rings (SSSR count). The zero-order chi connectivity index (χ0) is 13.8. The molecule has 18 heavy (non-hydrogen) atoms. The van der Waals surface area contributed by atoms with Crippen LogP contribution in [0.5, 0.6) is 0 Å². The van der Waals surface area contributed by atoms with Gasteiger partial charge < -0.3 is 15.5 Å². The molecule has 0 unspecified atom stereocenters. The van der Waals surface area contributed by atoms with E-state index in [1.165, 1.54) is 0 Å². The van der Waals surface area contributed by atoms with E-state index in [4.69, 9.17) is 10.2 Å². The van der Waals surface area contributed by atoms with Crippen LogP contribution in [0.1, 0.15) is 30.6 Å². The van der Waals surface area contributed by atoms with Crippen LogP contribution >= 0.6 is 15.9 Å². The van der Waals surface area contributed by atoms with Crippen LogP contribution in [0.4, 0.5) is 5.69 Å². The van der Waals surface area contributed by atoms with Gasteiger partial charge >= 0.3 is 5.97 Å². The van der Waals surface area contributed by atoms with Crippen molar-refractivity contribution < 1.29 is 15.0 Å². The predicted octanol–water partition coefficient (Wildman–Crippen LogP) is 2.97. The molecule has 0 aliphatic carbocycles. The van der Waals surface area contributed by atoms with Gasteiger partial charge in [-0.25, -0.2) is 4.79 Å². The predicted molar refractivity (Wildman–Crippen MR) is 75.1 cm³/mol. The molecule has 4 nitrogen and oxygen atoms in total. The second kappa shape index (κ2) is 6.20. The molecule has 3 N–H and O–H groups in total. The first-order valence-electron chi connectivity index (χ1n) is 5.73. The molecule has 0 aliphatic rings. The van der Waals surface area contributed by atoms with Gasteiger partial charge in [0.1, 0.15) is 0 Å². The fourth-order valence-corrected chi connectivity index (χ4v) is 2.08. The quantitative estimate of drug-likeness (QED) is 0.755. The number of aliphatic hydroxyl groups is 1. The van der Waals surface area contributed by atoms with Crippen molar-refractivity contribution in [3.63, 3.8) is 0 Å². The highest BCUT2D eigenvalue weighted by Crippen LogP contribution is 2.24. The van der Waals surface area contributed by atoms with Crippen LogP contribution in [-0.2, 0) is 0 Å². The van der Waals surface area contributed by atoms with Crippen molar-refractivity contribution in [3.8, 4) is 0 Å². The normalized spacial score (nSPS) is 11.3. The summed E-state index contributed by atoms with van der Waals surface area (Å²) in [6, 6.07) is 5.05. The number of nitrogens with one attached hydrogen (secondary N) is 1. The number of aromatic carboxylic acids is 1. The van der Waals surface area contributed by atoms with Crippen LogP contribution in [0.15, 0.2) is 22.7 Å². The average Bonchev–Trinajstić information content (AvgIpc) is 2.26. The molecular formula is C13H18BrNO3. The molecule has 5 heteroatoms. The third-order valence-corrected chi connectivity index (χ3v) is 3.42. The van der Waals surface area contributed by atoms with Crippen LogP contribution in [-0.4, -0.2) is 29.3 Å². The number of benzene rings is 1. The van der Waals surface area contributed by atoms with E-state index in [0.717, 1.165) is 5.69 Å². The summed E-state index contributed by atoms with van der Waals surface area (Å²) in [7, 11) is 0. The minimum Gasteiger partial charge on any atom is -0.478 e. The van der Waals surface area contributed by atoms with E-state index in [2.05, 4.69) is 35.1 Å². The Hall–Kier alpha value is -1.07. The fraction of sp³-hybridized carbons (Fsp3) is 0.462. The minimum atomic E-state index is -0.950. The van der Waals surface area contributed by atoms with Gasteiger partial charge in [-0.05, 0) is 46.0 Å². The van der Waals surface area contributed by atoms with Crippen LogP contribution in [0.2, 0.25) is 0 Å². The van der Waals surface area contributed by atoms with E-state index in [1.54, 1.807) is 18.2 Å². The molecule has 0 spiro atoms. The number of carbonyl (C=O) groups is 1. The Bertz CT molecular complexity index is 432. The summed E-state index contributed by atoms with van der Waals surface area (Å²) in [6.07, 6.45) is 0.717. The first-order valence-corrected chi connectivity index (χ1v) is 6.52. The van der Waals surface area contributed by atoms with E-state index in [0.29, 0.717) is 17.4 Å². The Balaban J connectivity index is 2.70. The summed E-state index contributed by atoms with van der Waals surface area (Å²) in [5.41, 5.74) is 1.10. The number of anilines is 1. The van der Waals surface area contributed by atoms with Crippen LogP contribution in [0.3, 0.4) is 0 Å². The average molecular weight is 316 g/mol. The molecule has 0 bridgehead atoms. The summed E-state index contributed by atoms with van der Waals surface area (Å²) in [5, 5.41) is 21.1. The monoisotopic (exact) mass is 315 g/mol. The summed E-state index contributed by atoms with van der Waals surface area (Å²) < 4.78 is 0.556. The van der Waals surface area contributed by atoms with Crippen LogP contribution < -0.4 is 5.32 Å². The molecule has 0 aromatic heterocycles. The Labute approximate surface area is 115 Å². The van der Waals surface area contributed by atoms with Gasteiger partial charge in [-0.15, -0.1) is 0 Å². The van der Waals surface area contributed by atoms with Crippen LogP contribution in [0, 0.1) is 5.41 Å². The standard InChI is InChI=1S/C13H18BrNO3/c1-13(2,5-6-16)8-15-9-3-4-10(12(17)18)11(14)7-9/h3-4,7,15-16H,5-6,8H2,1-2H3,(H,17,18). The largest absolute Gasteiger partial charge is 0.478 e. The lowest BCUT2D eigenvalue weighted by Gasteiger charge is -2.24. The van der Waals surface area contributed by atoms with Gasteiger partial charge in [-0.2, -0.15) is 0 Å². The molecule has 100 valence electrons. The maximum atomic E-state index is 10.9. The molecule has 0 saturated heterocycles. The third-order valence-electron chi connectivity index (χ3n) is 2.76. The number of carboxylic acid groups (broad SMARTS) is 1. The molecule has 0 radical (unpaired) electrons. The summed E-state index contributed by atoms with van der Waals surface area (Å²) in [4.78, 5) is 10.9. The van der Waals surface area contributed by atoms with Gasteiger partial charge in [0.15, 0.2) is 0 Å². The van der Waals surface area contributed by atoms with Crippen molar-refractivity contribution >= 4 is 27.6 Å². The highest BCUT2D eigenvalue weighted by molar-refractivity contribution is 9.10. The zero-order valence-electron chi connectivity index (χ0n) is 10.5. The van der Waals surface area contributed by atoms with Crippen molar-refractivity contribution in [2.75, 3.05) is 18.5 Å². The molecular weight excluding hydrogens is 298 g/mol. The SMILES string of the molecule is CC(C)(CCO)CNc1ccc(C(=O)O)c(Br)c1. The number of hydrogen-bond donors (Lipinski definition) is 3. The Morgan fingerprint density at radius 3 is 2.61 bits per heavy atom.